The number of benzene rings is 2. The normalized spacial score (nSPS) is 16.3. The third-order valence-electron chi connectivity index (χ3n) is 3.80. The molecule has 0 radical (unpaired) electrons. The van der Waals surface area contributed by atoms with Crippen LogP contribution in [0.15, 0.2) is 48.5 Å². The lowest BCUT2D eigenvalue weighted by molar-refractivity contribution is -0.117. The van der Waals surface area contributed by atoms with Gasteiger partial charge in [0.15, 0.2) is 0 Å². The van der Waals surface area contributed by atoms with E-state index in [4.69, 9.17) is 5.73 Å². The highest BCUT2D eigenvalue weighted by Crippen LogP contribution is 2.24. The van der Waals surface area contributed by atoms with E-state index >= 15 is 0 Å². The van der Waals surface area contributed by atoms with E-state index in [0.29, 0.717) is 11.3 Å². The SMILES string of the molecule is NC(=O)c1ccc(NC(=O)C2CCc3ccccc3N2)cc1. The molecule has 1 heterocycles. The maximum atomic E-state index is 12.3. The monoisotopic (exact) mass is 295 g/mol. The van der Waals surface area contributed by atoms with Gasteiger partial charge in [0.25, 0.3) is 0 Å². The van der Waals surface area contributed by atoms with Crippen molar-refractivity contribution < 1.29 is 9.59 Å². The summed E-state index contributed by atoms with van der Waals surface area (Å²) in [6.45, 7) is 0. The van der Waals surface area contributed by atoms with Crippen LogP contribution in [0.25, 0.3) is 0 Å². The van der Waals surface area contributed by atoms with Crippen LogP contribution in [-0.2, 0) is 11.2 Å². The van der Waals surface area contributed by atoms with Crippen molar-refractivity contribution in [3.05, 3.63) is 59.7 Å². The van der Waals surface area contributed by atoms with Gasteiger partial charge in [0.1, 0.15) is 6.04 Å². The third kappa shape index (κ3) is 2.93. The van der Waals surface area contributed by atoms with Crippen molar-refractivity contribution in [2.24, 2.45) is 5.73 Å². The lowest BCUT2D eigenvalue weighted by Crippen LogP contribution is -2.37. The summed E-state index contributed by atoms with van der Waals surface area (Å²) < 4.78 is 0. The zero-order chi connectivity index (χ0) is 15.5. The zero-order valence-corrected chi connectivity index (χ0v) is 12.0. The lowest BCUT2D eigenvalue weighted by Gasteiger charge is -2.26. The van der Waals surface area contributed by atoms with Gasteiger partial charge in [0.05, 0.1) is 0 Å². The van der Waals surface area contributed by atoms with Crippen LogP contribution in [0, 0.1) is 0 Å². The quantitative estimate of drug-likeness (QED) is 0.811. The first-order chi connectivity index (χ1) is 10.6. The van der Waals surface area contributed by atoms with E-state index in [1.807, 2.05) is 18.2 Å². The van der Waals surface area contributed by atoms with E-state index in [2.05, 4.69) is 16.7 Å². The molecule has 0 saturated heterocycles. The molecule has 1 atom stereocenters. The Hall–Kier alpha value is -2.82. The lowest BCUT2D eigenvalue weighted by atomic mass is 9.97. The molecule has 112 valence electrons. The molecule has 2 aromatic carbocycles. The highest BCUT2D eigenvalue weighted by atomic mass is 16.2. The molecular formula is C17H17N3O2. The van der Waals surface area contributed by atoms with Gasteiger partial charge in [-0.3, -0.25) is 9.59 Å². The number of amides is 2. The van der Waals surface area contributed by atoms with Gasteiger partial charge in [0.2, 0.25) is 11.8 Å². The van der Waals surface area contributed by atoms with Crippen LogP contribution in [0.4, 0.5) is 11.4 Å². The van der Waals surface area contributed by atoms with Crippen molar-refractivity contribution in [1.82, 2.24) is 0 Å². The molecule has 22 heavy (non-hydrogen) atoms. The van der Waals surface area contributed by atoms with Crippen molar-refractivity contribution in [2.75, 3.05) is 10.6 Å². The Morgan fingerprint density at radius 3 is 2.55 bits per heavy atom. The third-order valence-corrected chi connectivity index (χ3v) is 3.80. The fraction of sp³-hybridized carbons (Fsp3) is 0.176. The molecule has 2 amide bonds. The molecular weight excluding hydrogens is 278 g/mol. The molecule has 2 aromatic rings. The van der Waals surface area contributed by atoms with Crippen LogP contribution < -0.4 is 16.4 Å². The van der Waals surface area contributed by atoms with Gasteiger partial charge >= 0.3 is 0 Å². The molecule has 4 N–H and O–H groups in total. The number of carbonyl (C=O) groups excluding carboxylic acids is 2. The van der Waals surface area contributed by atoms with Crippen LogP contribution in [0.2, 0.25) is 0 Å². The molecule has 0 aromatic heterocycles. The maximum absolute atomic E-state index is 12.3. The summed E-state index contributed by atoms with van der Waals surface area (Å²) >= 11 is 0. The molecule has 1 unspecified atom stereocenters. The van der Waals surface area contributed by atoms with Crippen LogP contribution in [-0.4, -0.2) is 17.9 Å². The maximum Gasteiger partial charge on any atom is 0.248 e. The number of para-hydroxylation sites is 1. The molecule has 0 aliphatic carbocycles. The molecule has 0 fully saturated rings. The van der Waals surface area contributed by atoms with E-state index in [1.54, 1.807) is 24.3 Å². The minimum atomic E-state index is -0.483. The Kier molecular flexibility index (Phi) is 3.78. The van der Waals surface area contributed by atoms with Crippen molar-refractivity contribution in [2.45, 2.75) is 18.9 Å². The Morgan fingerprint density at radius 2 is 1.82 bits per heavy atom. The molecule has 5 heteroatoms. The number of fused-ring (bicyclic) bond motifs is 1. The second kappa shape index (κ2) is 5.89. The Labute approximate surface area is 128 Å². The number of rotatable bonds is 3. The summed E-state index contributed by atoms with van der Waals surface area (Å²) in [5, 5.41) is 6.12. The van der Waals surface area contributed by atoms with E-state index in [0.717, 1.165) is 18.5 Å². The van der Waals surface area contributed by atoms with Gasteiger partial charge < -0.3 is 16.4 Å². The van der Waals surface area contributed by atoms with Gasteiger partial charge in [-0.2, -0.15) is 0 Å². The van der Waals surface area contributed by atoms with E-state index in [1.165, 1.54) is 5.56 Å². The summed E-state index contributed by atoms with van der Waals surface area (Å²) in [7, 11) is 0. The minimum Gasteiger partial charge on any atom is -0.373 e. The first-order valence-electron chi connectivity index (χ1n) is 7.18. The van der Waals surface area contributed by atoms with Crippen LogP contribution in [0.1, 0.15) is 22.3 Å². The second-order valence-electron chi connectivity index (χ2n) is 5.32. The van der Waals surface area contributed by atoms with Crippen LogP contribution in [0.5, 0.6) is 0 Å². The Bertz CT molecular complexity index is 710. The smallest absolute Gasteiger partial charge is 0.248 e. The van der Waals surface area contributed by atoms with Crippen molar-refractivity contribution in [3.8, 4) is 0 Å². The second-order valence-corrected chi connectivity index (χ2v) is 5.32. The summed E-state index contributed by atoms with van der Waals surface area (Å²) in [5.74, 6) is -0.565. The molecule has 3 rings (SSSR count). The van der Waals surface area contributed by atoms with Gasteiger partial charge in [0, 0.05) is 16.9 Å². The molecule has 1 aliphatic rings. The molecule has 5 nitrogen and oxygen atoms in total. The first kappa shape index (κ1) is 14.1. The van der Waals surface area contributed by atoms with Gasteiger partial charge in [-0.05, 0) is 48.7 Å². The summed E-state index contributed by atoms with van der Waals surface area (Å²) in [4.78, 5) is 23.4. The highest BCUT2D eigenvalue weighted by Gasteiger charge is 2.23. The molecule has 0 bridgehead atoms. The van der Waals surface area contributed by atoms with E-state index in [9.17, 15) is 9.59 Å². The zero-order valence-electron chi connectivity index (χ0n) is 12.0. The molecule has 0 spiro atoms. The fourth-order valence-electron chi connectivity index (χ4n) is 2.58. The van der Waals surface area contributed by atoms with Crippen molar-refractivity contribution in [3.63, 3.8) is 0 Å². The predicted molar refractivity (Wildman–Crippen MR) is 85.8 cm³/mol. The Balaban J connectivity index is 1.66. The number of nitrogens with one attached hydrogen (secondary N) is 2. The highest BCUT2D eigenvalue weighted by molar-refractivity contribution is 5.98. The van der Waals surface area contributed by atoms with E-state index in [-0.39, 0.29) is 11.9 Å². The minimum absolute atomic E-state index is 0.0821. The standard InChI is InChI=1S/C17H17N3O2/c18-16(21)12-5-8-13(9-6-12)19-17(22)15-10-7-11-3-1-2-4-14(11)20-15/h1-6,8-9,15,20H,7,10H2,(H2,18,21)(H,19,22). The van der Waals surface area contributed by atoms with Crippen molar-refractivity contribution in [1.29, 1.82) is 0 Å². The number of aryl methyl sites for hydroxylation is 1. The molecule has 1 aliphatic heterocycles. The Morgan fingerprint density at radius 1 is 1.09 bits per heavy atom. The van der Waals surface area contributed by atoms with Gasteiger partial charge in [-0.1, -0.05) is 18.2 Å². The summed E-state index contributed by atoms with van der Waals surface area (Å²) in [6.07, 6.45) is 1.63. The number of hydrogen-bond donors (Lipinski definition) is 3. The molecule has 0 saturated carbocycles. The number of nitrogens with two attached hydrogens (primary N) is 1. The number of hydrogen-bond acceptors (Lipinski definition) is 3. The summed E-state index contributed by atoms with van der Waals surface area (Å²) in [6, 6.07) is 14.3. The number of primary amides is 1. The average molecular weight is 295 g/mol. The van der Waals surface area contributed by atoms with Gasteiger partial charge in [-0.25, -0.2) is 0 Å². The topological polar surface area (TPSA) is 84.2 Å². The van der Waals surface area contributed by atoms with E-state index < -0.39 is 5.91 Å². The number of carbonyl (C=O) groups is 2. The summed E-state index contributed by atoms with van der Waals surface area (Å²) in [5.41, 5.74) is 8.50. The largest absolute Gasteiger partial charge is 0.373 e. The average Bonchev–Trinajstić information content (AvgIpc) is 2.55. The number of anilines is 2. The van der Waals surface area contributed by atoms with Crippen LogP contribution in [0.3, 0.4) is 0 Å². The van der Waals surface area contributed by atoms with Crippen molar-refractivity contribution >= 4 is 23.2 Å². The van der Waals surface area contributed by atoms with Gasteiger partial charge in [-0.15, -0.1) is 0 Å². The fourth-order valence-corrected chi connectivity index (χ4v) is 2.58. The first-order valence-corrected chi connectivity index (χ1v) is 7.18. The predicted octanol–water partition coefficient (Wildman–Crippen LogP) is 2.15. The van der Waals surface area contributed by atoms with Crippen LogP contribution >= 0.6 is 0 Å².